The molecule has 0 bridgehead atoms. The highest BCUT2D eigenvalue weighted by atomic mass is 16.2. The van der Waals surface area contributed by atoms with Crippen LogP contribution in [0.5, 0.6) is 0 Å². The fourth-order valence-corrected chi connectivity index (χ4v) is 3.18. The van der Waals surface area contributed by atoms with Gasteiger partial charge in [-0.2, -0.15) is 0 Å². The van der Waals surface area contributed by atoms with Gasteiger partial charge in [0, 0.05) is 26.1 Å². The van der Waals surface area contributed by atoms with Crippen LogP contribution in [0.3, 0.4) is 0 Å². The summed E-state index contributed by atoms with van der Waals surface area (Å²) in [7, 11) is 0. The summed E-state index contributed by atoms with van der Waals surface area (Å²) < 4.78 is 0. The molecule has 0 aromatic heterocycles. The monoisotopic (exact) mass is 281 g/mol. The van der Waals surface area contributed by atoms with E-state index < -0.39 is 0 Å². The van der Waals surface area contributed by atoms with Gasteiger partial charge in [-0.15, -0.1) is 0 Å². The van der Waals surface area contributed by atoms with Crippen molar-refractivity contribution in [3.63, 3.8) is 0 Å². The van der Waals surface area contributed by atoms with Crippen molar-refractivity contribution in [3.05, 3.63) is 0 Å². The number of nitrogens with one attached hydrogen (secondary N) is 2. The molecule has 2 N–H and O–H groups in total. The van der Waals surface area contributed by atoms with Crippen molar-refractivity contribution in [2.24, 2.45) is 5.41 Å². The van der Waals surface area contributed by atoms with E-state index in [1.807, 2.05) is 4.90 Å². The van der Waals surface area contributed by atoms with Crippen LogP contribution < -0.4 is 10.6 Å². The Morgan fingerprint density at radius 1 is 1.25 bits per heavy atom. The number of nitrogens with zero attached hydrogens (tertiary/aromatic N) is 1. The molecule has 1 unspecified atom stereocenters. The molecule has 5 nitrogen and oxygen atoms in total. The number of piperidine rings is 1. The predicted octanol–water partition coefficient (Wildman–Crippen LogP) is 0.893. The van der Waals surface area contributed by atoms with Crippen LogP contribution >= 0.6 is 0 Å². The fraction of sp³-hybridized carbons (Fsp3) is 0.867. The van der Waals surface area contributed by atoms with Crippen LogP contribution in [-0.2, 0) is 9.59 Å². The van der Waals surface area contributed by atoms with E-state index in [-0.39, 0.29) is 23.3 Å². The molecule has 2 fully saturated rings. The first kappa shape index (κ1) is 15.3. The van der Waals surface area contributed by atoms with Crippen molar-refractivity contribution >= 4 is 11.8 Å². The van der Waals surface area contributed by atoms with Crippen molar-refractivity contribution in [2.45, 2.75) is 52.0 Å². The second-order valence-electron chi connectivity index (χ2n) is 6.61. The van der Waals surface area contributed by atoms with Crippen LogP contribution in [0.2, 0.25) is 0 Å². The van der Waals surface area contributed by atoms with Gasteiger partial charge in [0.1, 0.15) is 0 Å². The van der Waals surface area contributed by atoms with Crippen molar-refractivity contribution in [2.75, 3.05) is 26.2 Å². The van der Waals surface area contributed by atoms with Gasteiger partial charge in [0.15, 0.2) is 0 Å². The van der Waals surface area contributed by atoms with E-state index in [0.29, 0.717) is 13.0 Å². The Labute approximate surface area is 121 Å². The molecular weight excluding hydrogens is 254 g/mol. The lowest BCUT2D eigenvalue weighted by Crippen LogP contribution is -2.55. The van der Waals surface area contributed by atoms with E-state index in [9.17, 15) is 9.59 Å². The Morgan fingerprint density at radius 2 is 1.95 bits per heavy atom. The van der Waals surface area contributed by atoms with Crippen LogP contribution in [0, 0.1) is 5.41 Å². The van der Waals surface area contributed by atoms with Crippen LogP contribution in [0.15, 0.2) is 0 Å². The maximum Gasteiger partial charge on any atom is 0.237 e. The van der Waals surface area contributed by atoms with Crippen LogP contribution in [0.4, 0.5) is 0 Å². The molecule has 0 aliphatic carbocycles. The summed E-state index contributed by atoms with van der Waals surface area (Å²) >= 11 is 0. The standard InChI is InChI=1S/C15H27N3O2/c1-15(2)7-5-8-16-13(15)14(20)17-9-6-12(19)18-10-3-4-11-18/h13,16H,3-11H2,1-2H3,(H,17,20). The van der Waals surface area contributed by atoms with Crippen LogP contribution in [0.25, 0.3) is 0 Å². The van der Waals surface area contributed by atoms with Crippen LogP contribution in [-0.4, -0.2) is 48.9 Å². The Hall–Kier alpha value is -1.10. The van der Waals surface area contributed by atoms with Gasteiger partial charge in [0.2, 0.25) is 11.8 Å². The lowest BCUT2D eigenvalue weighted by Gasteiger charge is -2.38. The Kier molecular flexibility index (Phi) is 5.02. The third kappa shape index (κ3) is 3.72. The van der Waals surface area contributed by atoms with Gasteiger partial charge in [-0.3, -0.25) is 9.59 Å². The minimum atomic E-state index is -0.141. The molecular formula is C15H27N3O2. The highest BCUT2D eigenvalue weighted by Gasteiger charge is 2.36. The Balaban J connectivity index is 1.73. The zero-order valence-corrected chi connectivity index (χ0v) is 12.7. The quantitative estimate of drug-likeness (QED) is 0.804. The number of carbonyl (C=O) groups excluding carboxylic acids is 2. The summed E-state index contributed by atoms with van der Waals surface area (Å²) in [6, 6.07) is -0.141. The molecule has 114 valence electrons. The molecule has 1 atom stereocenters. The molecule has 0 aromatic rings. The van der Waals surface area contributed by atoms with Crippen molar-refractivity contribution in [3.8, 4) is 0 Å². The minimum Gasteiger partial charge on any atom is -0.354 e. The predicted molar refractivity (Wildman–Crippen MR) is 78.2 cm³/mol. The summed E-state index contributed by atoms with van der Waals surface area (Å²) in [5.74, 6) is 0.197. The maximum atomic E-state index is 12.2. The number of carbonyl (C=O) groups is 2. The SMILES string of the molecule is CC1(C)CCCNC1C(=O)NCCC(=O)N1CCCC1. The van der Waals surface area contributed by atoms with Gasteiger partial charge in [-0.05, 0) is 37.6 Å². The van der Waals surface area contributed by atoms with Gasteiger partial charge >= 0.3 is 0 Å². The number of likely N-dealkylation sites (tertiary alicyclic amines) is 1. The van der Waals surface area contributed by atoms with E-state index in [2.05, 4.69) is 24.5 Å². The molecule has 0 aromatic carbocycles. The van der Waals surface area contributed by atoms with Crippen molar-refractivity contribution in [1.29, 1.82) is 0 Å². The zero-order valence-electron chi connectivity index (χ0n) is 12.7. The molecule has 2 amide bonds. The number of hydrogen-bond donors (Lipinski definition) is 2. The molecule has 20 heavy (non-hydrogen) atoms. The van der Waals surface area contributed by atoms with Crippen molar-refractivity contribution in [1.82, 2.24) is 15.5 Å². The first-order valence-electron chi connectivity index (χ1n) is 7.79. The lowest BCUT2D eigenvalue weighted by atomic mass is 9.77. The van der Waals surface area contributed by atoms with Crippen LogP contribution in [0.1, 0.15) is 46.0 Å². The molecule has 0 radical (unpaired) electrons. The van der Waals surface area contributed by atoms with Gasteiger partial charge < -0.3 is 15.5 Å². The summed E-state index contributed by atoms with van der Waals surface area (Å²) in [5.41, 5.74) is -0.0126. The highest BCUT2D eigenvalue weighted by molar-refractivity contribution is 5.83. The zero-order chi connectivity index (χ0) is 14.6. The lowest BCUT2D eigenvalue weighted by molar-refractivity contribution is -0.130. The molecule has 2 aliphatic rings. The molecule has 2 heterocycles. The minimum absolute atomic E-state index is 0.0126. The second kappa shape index (κ2) is 6.57. The highest BCUT2D eigenvalue weighted by Crippen LogP contribution is 2.30. The third-order valence-corrected chi connectivity index (χ3v) is 4.49. The molecule has 0 spiro atoms. The number of amides is 2. The normalized spacial score (nSPS) is 25.5. The summed E-state index contributed by atoms with van der Waals surface area (Å²) in [6.07, 6.45) is 4.81. The second-order valence-corrected chi connectivity index (χ2v) is 6.61. The Bertz CT molecular complexity index is 362. The molecule has 0 saturated carbocycles. The third-order valence-electron chi connectivity index (χ3n) is 4.49. The molecule has 5 heteroatoms. The van der Waals surface area contributed by atoms with E-state index >= 15 is 0 Å². The summed E-state index contributed by atoms with van der Waals surface area (Å²) in [6.45, 7) is 7.35. The number of hydrogen-bond acceptors (Lipinski definition) is 3. The van der Waals surface area contributed by atoms with E-state index in [4.69, 9.17) is 0 Å². The van der Waals surface area contributed by atoms with Crippen molar-refractivity contribution < 1.29 is 9.59 Å². The first-order valence-corrected chi connectivity index (χ1v) is 7.79. The topological polar surface area (TPSA) is 61.4 Å². The first-order chi connectivity index (χ1) is 9.50. The fourth-order valence-electron chi connectivity index (χ4n) is 3.18. The summed E-state index contributed by atoms with van der Waals surface area (Å²) in [4.78, 5) is 26.0. The maximum absolute atomic E-state index is 12.2. The molecule has 2 aliphatic heterocycles. The molecule has 2 saturated heterocycles. The average Bonchev–Trinajstić information content (AvgIpc) is 2.91. The number of rotatable bonds is 4. The Morgan fingerprint density at radius 3 is 2.60 bits per heavy atom. The van der Waals surface area contributed by atoms with Gasteiger partial charge in [0.25, 0.3) is 0 Å². The van der Waals surface area contributed by atoms with E-state index in [1.165, 1.54) is 0 Å². The molecule has 2 rings (SSSR count). The van der Waals surface area contributed by atoms with E-state index in [1.54, 1.807) is 0 Å². The van der Waals surface area contributed by atoms with Gasteiger partial charge in [-0.25, -0.2) is 0 Å². The van der Waals surface area contributed by atoms with Gasteiger partial charge in [0.05, 0.1) is 6.04 Å². The summed E-state index contributed by atoms with van der Waals surface area (Å²) in [5, 5.41) is 6.21. The smallest absolute Gasteiger partial charge is 0.237 e. The average molecular weight is 281 g/mol. The van der Waals surface area contributed by atoms with E-state index in [0.717, 1.165) is 45.3 Å². The van der Waals surface area contributed by atoms with Gasteiger partial charge in [-0.1, -0.05) is 13.8 Å². The largest absolute Gasteiger partial charge is 0.354 e.